The van der Waals surface area contributed by atoms with E-state index in [1.807, 2.05) is 18.2 Å². The van der Waals surface area contributed by atoms with Gasteiger partial charge in [0.2, 0.25) is 0 Å². The van der Waals surface area contributed by atoms with Gasteiger partial charge in [0, 0.05) is 14.5 Å². The molecule has 5 heteroatoms. The van der Waals surface area contributed by atoms with E-state index >= 15 is 0 Å². The van der Waals surface area contributed by atoms with Crippen LogP contribution >= 0.6 is 31.9 Å². The van der Waals surface area contributed by atoms with Crippen LogP contribution in [0.5, 0.6) is 0 Å². The summed E-state index contributed by atoms with van der Waals surface area (Å²) in [5.74, 6) is -0.403. The molecule has 0 aliphatic rings. The lowest BCUT2D eigenvalue weighted by Gasteiger charge is -2.05. The fourth-order valence-corrected chi connectivity index (χ4v) is 2.02. The minimum atomic E-state index is -0.403. The first-order chi connectivity index (χ1) is 6.63. The first-order valence-electron chi connectivity index (χ1n) is 3.93. The van der Waals surface area contributed by atoms with Crippen LogP contribution < -0.4 is 5.73 Å². The summed E-state index contributed by atoms with van der Waals surface area (Å²) in [5, 5.41) is 0. The van der Waals surface area contributed by atoms with E-state index in [2.05, 4.69) is 31.9 Å². The van der Waals surface area contributed by atoms with Crippen molar-refractivity contribution in [2.24, 2.45) is 5.73 Å². The van der Waals surface area contributed by atoms with E-state index in [1.54, 1.807) is 0 Å². The highest BCUT2D eigenvalue weighted by Crippen LogP contribution is 2.22. The number of carbonyl (C=O) groups excluding carboxylic acids is 1. The van der Waals surface area contributed by atoms with Gasteiger partial charge in [0.1, 0.15) is 6.61 Å². The quantitative estimate of drug-likeness (QED) is 0.868. The molecule has 0 saturated carbocycles. The van der Waals surface area contributed by atoms with Gasteiger partial charge in [-0.25, -0.2) is 0 Å². The highest BCUT2D eigenvalue weighted by molar-refractivity contribution is 9.11. The molecular weight excluding hydrogens is 314 g/mol. The molecule has 14 heavy (non-hydrogen) atoms. The van der Waals surface area contributed by atoms with Crippen LogP contribution in [0.1, 0.15) is 5.56 Å². The van der Waals surface area contributed by atoms with Crippen LogP contribution in [0.3, 0.4) is 0 Å². The van der Waals surface area contributed by atoms with Crippen LogP contribution in [-0.2, 0) is 16.1 Å². The third-order valence-corrected chi connectivity index (χ3v) is 2.80. The van der Waals surface area contributed by atoms with Gasteiger partial charge in [0.25, 0.3) is 0 Å². The summed E-state index contributed by atoms with van der Waals surface area (Å²) in [5.41, 5.74) is 6.02. The normalized spacial score (nSPS) is 9.93. The Hall–Kier alpha value is -0.390. The second-order valence-corrected chi connectivity index (χ2v) is 4.37. The van der Waals surface area contributed by atoms with Crippen LogP contribution in [0, 0.1) is 0 Å². The van der Waals surface area contributed by atoms with Crippen LogP contribution in [0.25, 0.3) is 0 Å². The van der Waals surface area contributed by atoms with Crippen molar-refractivity contribution in [2.45, 2.75) is 6.61 Å². The van der Waals surface area contributed by atoms with Crippen LogP contribution in [-0.4, -0.2) is 12.5 Å². The molecule has 0 amide bonds. The van der Waals surface area contributed by atoms with Gasteiger partial charge in [0.15, 0.2) is 0 Å². The highest BCUT2D eigenvalue weighted by atomic mass is 79.9. The summed E-state index contributed by atoms with van der Waals surface area (Å²) < 4.78 is 6.76. The number of hydrogen-bond donors (Lipinski definition) is 1. The Morgan fingerprint density at radius 2 is 2.14 bits per heavy atom. The van der Waals surface area contributed by atoms with E-state index in [1.165, 1.54) is 0 Å². The Labute approximate surface area is 98.9 Å². The molecule has 0 radical (unpaired) electrons. The minimum Gasteiger partial charge on any atom is -0.460 e. The lowest BCUT2D eigenvalue weighted by atomic mass is 10.2. The van der Waals surface area contributed by atoms with Crippen molar-refractivity contribution < 1.29 is 9.53 Å². The standard InChI is InChI=1S/C9H9Br2NO2/c10-7-2-1-6(8(11)3-7)5-14-9(13)4-12/h1-3H,4-5,12H2. The van der Waals surface area contributed by atoms with Gasteiger partial charge in [-0.15, -0.1) is 0 Å². The number of halogens is 2. The molecule has 0 aliphatic heterocycles. The summed E-state index contributed by atoms with van der Waals surface area (Å²) in [6.07, 6.45) is 0. The molecule has 0 fully saturated rings. The van der Waals surface area contributed by atoms with E-state index < -0.39 is 5.97 Å². The fourth-order valence-electron chi connectivity index (χ4n) is 0.856. The molecule has 1 aromatic carbocycles. The van der Waals surface area contributed by atoms with Gasteiger partial charge >= 0.3 is 5.97 Å². The molecule has 3 nitrogen and oxygen atoms in total. The van der Waals surface area contributed by atoms with E-state index in [0.717, 1.165) is 14.5 Å². The Morgan fingerprint density at radius 3 is 2.71 bits per heavy atom. The predicted octanol–water partition coefficient (Wildman–Crippen LogP) is 2.21. The van der Waals surface area contributed by atoms with Gasteiger partial charge in [-0.05, 0) is 12.1 Å². The van der Waals surface area contributed by atoms with Crippen molar-refractivity contribution >= 4 is 37.8 Å². The van der Waals surface area contributed by atoms with Crippen molar-refractivity contribution in [3.05, 3.63) is 32.7 Å². The lowest BCUT2D eigenvalue weighted by molar-refractivity contribution is -0.143. The summed E-state index contributed by atoms with van der Waals surface area (Å²) in [6.45, 7) is 0.151. The first kappa shape index (κ1) is 11.7. The number of hydrogen-bond acceptors (Lipinski definition) is 3. The zero-order valence-corrected chi connectivity index (χ0v) is 10.5. The topological polar surface area (TPSA) is 52.3 Å². The molecule has 1 aromatic rings. The molecule has 0 saturated heterocycles. The summed E-state index contributed by atoms with van der Waals surface area (Å²) in [6, 6.07) is 5.65. The van der Waals surface area contributed by atoms with Gasteiger partial charge in [-0.1, -0.05) is 37.9 Å². The maximum atomic E-state index is 10.8. The Kier molecular flexibility index (Phi) is 4.57. The summed E-state index contributed by atoms with van der Waals surface area (Å²) >= 11 is 6.70. The van der Waals surface area contributed by atoms with Gasteiger partial charge in [-0.3, -0.25) is 4.79 Å². The Bertz CT molecular complexity index is 342. The summed E-state index contributed by atoms with van der Waals surface area (Å²) in [4.78, 5) is 10.8. The molecular formula is C9H9Br2NO2. The molecule has 0 atom stereocenters. The van der Waals surface area contributed by atoms with Crippen molar-refractivity contribution in [3.63, 3.8) is 0 Å². The number of ether oxygens (including phenoxy) is 1. The average molecular weight is 323 g/mol. The second-order valence-electron chi connectivity index (χ2n) is 2.60. The molecule has 1 rings (SSSR count). The van der Waals surface area contributed by atoms with Gasteiger partial charge in [-0.2, -0.15) is 0 Å². The van der Waals surface area contributed by atoms with Crippen molar-refractivity contribution in [1.29, 1.82) is 0 Å². The minimum absolute atomic E-state index is 0.0891. The molecule has 76 valence electrons. The summed E-state index contributed by atoms with van der Waals surface area (Å²) in [7, 11) is 0. The monoisotopic (exact) mass is 321 g/mol. The van der Waals surface area contributed by atoms with Crippen LogP contribution in [0.15, 0.2) is 27.1 Å². The van der Waals surface area contributed by atoms with E-state index in [-0.39, 0.29) is 13.2 Å². The van der Waals surface area contributed by atoms with E-state index in [4.69, 9.17) is 10.5 Å². The van der Waals surface area contributed by atoms with Crippen LogP contribution in [0.2, 0.25) is 0 Å². The second kappa shape index (κ2) is 5.48. The predicted molar refractivity (Wildman–Crippen MR) is 60.7 cm³/mol. The molecule has 2 N–H and O–H groups in total. The highest BCUT2D eigenvalue weighted by Gasteiger charge is 2.03. The van der Waals surface area contributed by atoms with Crippen molar-refractivity contribution in [1.82, 2.24) is 0 Å². The van der Waals surface area contributed by atoms with Crippen molar-refractivity contribution in [2.75, 3.05) is 6.54 Å². The Balaban J connectivity index is 2.63. The van der Waals surface area contributed by atoms with Crippen LogP contribution in [0.4, 0.5) is 0 Å². The zero-order valence-electron chi connectivity index (χ0n) is 7.30. The number of nitrogens with two attached hydrogens (primary N) is 1. The zero-order chi connectivity index (χ0) is 10.6. The molecule has 0 aromatic heterocycles. The number of carbonyl (C=O) groups is 1. The fraction of sp³-hybridized carbons (Fsp3) is 0.222. The van der Waals surface area contributed by atoms with Gasteiger partial charge < -0.3 is 10.5 Å². The van der Waals surface area contributed by atoms with E-state index in [9.17, 15) is 4.79 Å². The lowest BCUT2D eigenvalue weighted by Crippen LogP contribution is -2.16. The maximum Gasteiger partial charge on any atom is 0.320 e. The third-order valence-electron chi connectivity index (χ3n) is 1.57. The first-order valence-corrected chi connectivity index (χ1v) is 5.51. The molecule has 0 heterocycles. The molecule has 0 aliphatic carbocycles. The maximum absolute atomic E-state index is 10.8. The molecule has 0 spiro atoms. The Morgan fingerprint density at radius 1 is 1.43 bits per heavy atom. The third kappa shape index (κ3) is 3.40. The number of benzene rings is 1. The smallest absolute Gasteiger partial charge is 0.320 e. The van der Waals surface area contributed by atoms with E-state index in [0.29, 0.717) is 0 Å². The molecule has 0 unspecified atom stereocenters. The van der Waals surface area contributed by atoms with Gasteiger partial charge in [0.05, 0.1) is 6.54 Å². The average Bonchev–Trinajstić information content (AvgIpc) is 2.16. The molecule has 0 bridgehead atoms. The largest absolute Gasteiger partial charge is 0.460 e. The number of esters is 1. The number of rotatable bonds is 3. The van der Waals surface area contributed by atoms with Crippen molar-refractivity contribution in [3.8, 4) is 0 Å². The SMILES string of the molecule is NCC(=O)OCc1ccc(Br)cc1Br.